The highest BCUT2D eigenvalue weighted by Crippen LogP contribution is 2.42. The standard InChI is InChI=1S/C26H23N3O2S/c30-26(23-15-20-17-31-22-9-2-1-8-21(22)25(20)32-23)29-13-11-28(12-14-29)16-19-6-3-5-18-7-4-10-27-24(18)19/h1-10,15H,11-14,16-17H2. The third-order valence-electron chi connectivity index (χ3n) is 6.30. The molecule has 0 aliphatic carbocycles. The van der Waals surface area contributed by atoms with Gasteiger partial charge in [0.1, 0.15) is 12.4 Å². The van der Waals surface area contributed by atoms with Crippen LogP contribution in [0.15, 0.2) is 66.9 Å². The molecule has 1 amide bonds. The van der Waals surface area contributed by atoms with Crippen molar-refractivity contribution in [3.63, 3.8) is 0 Å². The van der Waals surface area contributed by atoms with Gasteiger partial charge in [0.15, 0.2) is 0 Å². The second-order valence-corrected chi connectivity index (χ2v) is 9.36. The van der Waals surface area contributed by atoms with E-state index in [4.69, 9.17) is 4.74 Å². The molecule has 0 radical (unpaired) electrons. The quantitative estimate of drug-likeness (QED) is 0.458. The number of rotatable bonds is 3. The summed E-state index contributed by atoms with van der Waals surface area (Å²) < 4.78 is 5.86. The SMILES string of the molecule is O=C(c1cc2c(s1)-c1ccccc1OC2)N1CCN(Cc2cccc3cccnc23)CC1. The van der Waals surface area contributed by atoms with Crippen molar-refractivity contribution in [3.05, 3.63) is 82.9 Å². The first-order valence-electron chi connectivity index (χ1n) is 11.0. The monoisotopic (exact) mass is 441 g/mol. The zero-order valence-corrected chi connectivity index (χ0v) is 18.5. The van der Waals surface area contributed by atoms with Crippen LogP contribution in [-0.2, 0) is 13.2 Å². The van der Waals surface area contributed by atoms with E-state index >= 15 is 0 Å². The van der Waals surface area contributed by atoms with Gasteiger partial charge < -0.3 is 9.64 Å². The Hall–Kier alpha value is -3.22. The molecule has 6 rings (SSSR count). The largest absolute Gasteiger partial charge is 0.488 e. The molecule has 2 aliphatic heterocycles. The lowest BCUT2D eigenvalue weighted by Crippen LogP contribution is -2.48. The van der Waals surface area contributed by atoms with Gasteiger partial charge >= 0.3 is 0 Å². The summed E-state index contributed by atoms with van der Waals surface area (Å²) in [5, 5.41) is 1.17. The number of carbonyl (C=O) groups excluding carboxylic acids is 1. The van der Waals surface area contributed by atoms with Gasteiger partial charge in [0.2, 0.25) is 0 Å². The molecule has 2 aromatic heterocycles. The topological polar surface area (TPSA) is 45.7 Å². The van der Waals surface area contributed by atoms with Crippen molar-refractivity contribution in [3.8, 4) is 16.2 Å². The third kappa shape index (κ3) is 3.45. The van der Waals surface area contributed by atoms with Gasteiger partial charge in [-0.25, -0.2) is 0 Å². The summed E-state index contributed by atoms with van der Waals surface area (Å²) in [6.45, 7) is 4.61. The number of benzene rings is 2. The van der Waals surface area contributed by atoms with Crippen LogP contribution in [-0.4, -0.2) is 46.9 Å². The lowest BCUT2D eigenvalue weighted by Gasteiger charge is -2.34. The minimum Gasteiger partial charge on any atom is -0.488 e. The molecule has 4 heterocycles. The first kappa shape index (κ1) is 19.5. The number of para-hydroxylation sites is 2. The van der Waals surface area contributed by atoms with Gasteiger partial charge in [-0.15, -0.1) is 11.3 Å². The van der Waals surface area contributed by atoms with Crippen molar-refractivity contribution in [1.29, 1.82) is 0 Å². The Labute approximate surface area is 190 Å². The van der Waals surface area contributed by atoms with E-state index in [0.29, 0.717) is 6.61 Å². The van der Waals surface area contributed by atoms with Gasteiger partial charge in [-0.2, -0.15) is 0 Å². The number of hydrogen-bond acceptors (Lipinski definition) is 5. The number of hydrogen-bond donors (Lipinski definition) is 0. The average molecular weight is 442 g/mol. The Bertz CT molecular complexity index is 1300. The van der Waals surface area contributed by atoms with E-state index in [0.717, 1.165) is 64.9 Å². The van der Waals surface area contributed by atoms with Crippen molar-refractivity contribution < 1.29 is 9.53 Å². The van der Waals surface area contributed by atoms with Gasteiger partial charge in [0.25, 0.3) is 5.91 Å². The van der Waals surface area contributed by atoms with Crippen LogP contribution in [0.4, 0.5) is 0 Å². The summed E-state index contributed by atoms with van der Waals surface area (Å²) in [5.74, 6) is 1.03. The normalized spacial score (nSPS) is 15.8. The zero-order chi connectivity index (χ0) is 21.5. The highest BCUT2D eigenvalue weighted by Gasteiger charge is 2.27. The summed E-state index contributed by atoms with van der Waals surface area (Å²) in [7, 11) is 0. The van der Waals surface area contributed by atoms with Crippen molar-refractivity contribution in [2.24, 2.45) is 0 Å². The molecule has 0 N–H and O–H groups in total. The van der Waals surface area contributed by atoms with Crippen molar-refractivity contribution >= 4 is 28.1 Å². The van der Waals surface area contributed by atoms with E-state index < -0.39 is 0 Å². The van der Waals surface area contributed by atoms with Crippen LogP contribution in [0.1, 0.15) is 20.8 Å². The van der Waals surface area contributed by atoms with E-state index in [1.54, 1.807) is 11.3 Å². The fourth-order valence-electron chi connectivity index (χ4n) is 4.61. The van der Waals surface area contributed by atoms with E-state index in [-0.39, 0.29) is 5.91 Å². The number of fused-ring (bicyclic) bond motifs is 4. The van der Waals surface area contributed by atoms with Crippen LogP contribution in [0.5, 0.6) is 5.75 Å². The highest BCUT2D eigenvalue weighted by atomic mass is 32.1. The van der Waals surface area contributed by atoms with Crippen LogP contribution in [0.3, 0.4) is 0 Å². The molecule has 0 spiro atoms. The number of piperazine rings is 1. The Kier molecular flexibility index (Phi) is 4.89. The van der Waals surface area contributed by atoms with Crippen molar-refractivity contribution in [1.82, 2.24) is 14.8 Å². The van der Waals surface area contributed by atoms with E-state index in [2.05, 4.69) is 40.2 Å². The predicted molar refractivity (Wildman–Crippen MR) is 127 cm³/mol. The number of aromatic nitrogens is 1. The maximum absolute atomic E-state index is 13.2. The number of amides is 1. The first-order chi connectivity index (χ1) is 15.8. The number of carbonyl (C=O) groups is 1. The fraction of sp³-hybridized carbons (Fsp3) is 0.231. The van der Waals surface area contributed by atoms with Crippen molar-refractivity contribution in [2.45, 2.75) is 13.2 Å². The lowest BCUT2D eigenvalue weighted by atomic mass is 10.1. The van der Waals surface area contributed by atoms with Gasteiger partial charge in [-0.05, 0) is 29.8 Å². The molecule has 160 valence electrons. The number of ether oxygens (including phenoxy) is 1. The Morgan fingerprint density at radius 3 is 2.75 bits per heavy atom. The molecule has 2 aromatic carbocycles. The van der Waals surface area contributed by atoms with E-state index in [9.17, 15) is 4.79 Å². The molecular formula is C26H23N3O2S. The van der Waals surface area contributed by atoms with Crippen LogP contribution in [0, 0.1) is 0 Å². The van der Waals surface area contributed by atoms with Crippen LogP contribution < -0.4 is 4.74 Å². The molecule has 4 aromatic rings. The van der Waals surface area contributed by atoms with Gasteiger partial charge in [-0.1, -0.05) is 36.4 Å². The van der Waals surface area contributed by atoms with Crippen molar-refractivity contribution in [2.75, 3.05) is 26.2 Å². The highest BCUT2D eigenvalue weighted by molar-refractivity contribution is 7.17. The average Bonchev–Trinajstić information content (AvgIpc) is 3.29. The van der Waals surface area contributed by atoms with E-state index in [1.807, 2.05) is 41.4 Å². The van der Waals surface area contributed by atoms with Crippen LogP contribution >= 0.6 is 11.3 Å². The number of nitrogens with zero attached hydrogens (tertiary/aromatic N) is 3. The molecule has 0 unspecified atom stereocenters. The molecule has 1 fully saturated rings. The summed E-state index contributed by atoms with van der Waals surface area (Å²) >= 11 is 1.59. The summed E-state index contributed by atoms with van der Waals surface area (Å²) in [4.78, 5) is 24.2. The minimum atomic E-state index is 0.133. The fourth-order valence-corrected chi connectivity index (χ4v) is 5.77. The van der Waals surface area contributed by atoms with Gasteiger partial charge in [0.05, 0.1) is 10.4 Å². The van der Waals surface area contributed by atoms with Gasteiger partial charge in [0, 0.05) is 60.3 Å². The minimum absolute atomic E-state index is 0.133. The molecule has 2 aliphatic rings. The molecule has 5 nitrogen and oxygen atoms in total. The lowest BCUT2D eigenvalue weighted by molar-refractivity contribution is 0.0633. The van der Waals surface area contributed by atoms with Crippen LogP contribution in [0.25, 0.3) is 21.3 Å². The second kappa shape index (κ2) is 8.04. The molecule has 0 atom stereocenters. The summed E-state index contributed by atoms with van der Waals surface area (Å²) in [5.41, 5.74) is 4.51. The molecular weight excluding hydrogens is 418 g/mol. The maximum Gasteiger partial charge on any atom is 0.264 e. The second-order valence-electron chi connectivity index (χ2n) is 8.31. The van der Waals surface area contributed by atoms with E-state index in [1.165, 1.54) is 10.9 Å². The van der Waals surface area contributed by atoms with Crippen LogP contribution in [0.2, 0.25) is 0 Å². The van der Waals surface area contributed by atoms with Gasteiger partial charge in [-0.3, -0.25) is 14.7 Å². The summed E-state index contributed by atoms with van der Waals surface area (Å²) in [6, 6.07) is 20.5. The zero-order valence-electron chi connectivity index (χ0n) is 17.7. The Morgan fingerprint density at radius 1 is 1.00 bits per heavy atom. The molecule has 0 bridgehead atoms. The Morgan fingerprint density at radius 2 is 1.84 bits per heavy atom. The number of thiophene rings is 1. The first-order valence-corrected chi connectivity index (χ1v) is 11.8. The molecule has 0 saturated carbocycles. The third-order valence-corrected chi connectivity index (χ3v) is 7.50. The molecule has 32 heavy (non-hydrogen) atoms. The maximum atomic E-state index is 13.2. The predicted octanol–water partition coefficient (Wildman–Crippen LogP) is 4.81. The Balaban J connectivity index is 1.14. The summed E-state index contributed by atoms with van der Waals surface area (Å²) in [6.07, 6.45) is 1.85. The number of pyridine rings is 1. The molecule has 6 heteroatoms. The molecule has 1 saturated heterocycles. The smallest absolute Gasteiger partial charge is 0.264 e.